The fraction of sp³-hybridized carbons (Fsp3) is 0.211. The lowest BCUT2D eigenvalue weighted by molar-refractivity contribution is -0.121. The van der Waals surface area contributed by atoms with Crippen molar-refractivity contribution in [2.45, 2.75) is 19.4 Å². The summed E-state index contributed by atoms with van der Waals surface area (Å²) in [5.41, 5.74) is 6.72. The number of fused-ring (bicyclic) bond motifs is 1. The van der Waals surface area contributed by atoms with Gasteiger partial charge in [-0.2, -0.15) is 0 Å². The standard InChI is InChI=1S/C19H19N3O4/c1-12-10-17(23)21-14-7-3-4-8-15(14)22(12)18(24)11-26-16-9-5-2-6-13(16)19(20)25/h2-9,12H,10-11H2,1H3,(H2,20,25)(H,21,23)/t12-/m1/s1. The van der Waals surface area contributed by atoms with Gasteiger partial charge in [0.15, 0.2) is 6.61 Å². The zero-order valence-electron chi connectivity index (χ0n) is 14.3. The van der Waals surface area contributed by atoms with Crippen LogP contribution in [0.3, 0.4) is 0 Å². The Hall–Kier alpha value is -3.35. The van der Waals surface area contributed by atoms with Gasteiger partial charge in [0.2, 0.25) is 5.91 Å². The number of ether oxygens (including phenoxy) is 1. The highest BCUT2D eigenvalue weighted by Gasteiger charge is 2.29. The minimum absolute atomic E-state index is 0.153. The first-order chi connectivity index (χ1) is 12.5. The molecule has 0 saturated carbocycles. The van der Waals surface area contributed by atoms with Crippen molar-refractivity contribution in [1.82, 2.24) is 0 Å². The molecule has 2 aromatic carbocycles. The van der Waals surface area contributed by atoms with Crippen LogP contribution in [-0.4, -0.2) is 30.4 Å². The zero-order chi connectivity index (χ0) is 18.7. The zero-order valence-corrected chi connectivity index (χ0v) is 14.3. The van der Waals surface area contributed by atoms with Crippen LogP contribution in [0.1, 0.15) is 23.7 Å². The van der Waals surface area contributed by atoms with Crippen molar-refractivity contribution < 1.29 is 19.1 Å². The van der Waals surface area contributed by atoms with Gasteiger partial charge in [-0.3, -0.25) is 14.4 Å². The van der Waals surface area contributed by atoms with Crippen molar-refractivity contribution in [3.63, 3.8) is 0 Å². The third-order valence-corrected chi connectivity index (χ3v) is 4.13. The van der Waals surface area contributed by atoms with Gasteiger partial charge in [0.25, 0.3) is 11.8 Å². The van der Waals surface area contributed by atoms with Gasteiger partial charge < -0.3 is 20.7 Å². The van der Waals surface area contributed by atoms with Crippen LogP contribution in [0.4, 0.5) is 11.4 Å². The Morgan fingerprint density at radius 3 is 2.65 bits per heavy atom. The van der Waals surface area contributed by atoms with Gasteiger partial charge >= 0.3 is 0 Å². The largest absolute Gasteiger partial charge is 0.483 e. The number of nitrogens with one attached hydrogen (secondary N) is 1. The number of hydrogen-bond donors (Lipinski definition) is 2. The lowest BCUT2D eigenvalue weighted by Crippen LogP contribution is -2.41. The number of benzene rings is 2. The summed E-state index contributed by atoms with van der Waals surface area (Å²) in [5, 5.41) is 2.80. The second-order valence-corrected chi connectivity index (χ2v) is 6.03. The highest BCUT2D eigenvalue weighted by atomic mass is 16.5. The Balaban J connectivity index is 1.83. The average molecular weight is 353 g/mol. The van der Waals surface area contributed by atoms with E-state index in [1.165, 1.54) is 6.07 Å². The van der Waals surface area contributed by atoms with Crippen LogP contribution in [0, 0.1) is 0 Å². The van der Waals surface area contributed by atoms with Gasteiger partial charge in [0.05, 0.1) is 16.9 Å². The summed E-state index contributed by atoms with van der Waals surface area (Å²) in [6, 6.07) is 13.2. The van der Waals surface area contributed by atoms with Gasteiger partial charge in [-0.15, -0.1) is 0 Å². The van der Waals surface area contributed by atoms with E-state index in [1.807, 2.05) is 0 Å². The quantitative estimate of drug-likeness (QED) is 0.877. The summed E-state index contributed by atoms with van der Waals surface area (Å²) in [7, 11) is 0. The molecular formula is C19H19N3O4. The SMILES string of the molecule is C[C@@H]1CC(=O)Nc2ccccc2N1C(=O)COc1ccccc1C(N)=O. The summed E-state index contributed by atoms with van der Waals surface area (Å²) < 4.78 is 5.55. The molecule has 0 unspecified atom stereocenters. The Kier molecular flexibility index (Phi) is 4.88. The maximum absolute atomic E-state index is 12.8. The molecule has 0 saturated heterocycles. The van der Waals surface area contributed by atoms with Gasteiger partial charge in [-0.1, -0.05) is 24.3 Å². The maximum Gasteiger partial charge on any atom is 0.265 e. The molecule has 0 radical (unpaired) electrons. The molecule has 1 aliphatic rings. The molecular weight excluding hydrogens is 334 g/mol. The molecule has 134 valence electrons. The van der Waals surface area contributed by atoms with E-state index in [4.69, 9.17) is 10.5 Å². The molecule has 7 nitrogen and oxygen atoms in total. The van der Waals surface area contributed by atoms with E-state index >= 15 is 0 Å². The van der Waals surface area contributed by atoms with E-state index in [0.29, 0.717) is 11.4 Å². The van der Waals surface area contributed by atoms with Crippen LogP contribution >= 0.6 is 0 Å². The number of carbonyl (C=O) groups excluding carboxylic acids is 3. The Morgan fingerprint density at radius 1 is 1.19 bits per heavy atom. The van der Waals surface area contributed by atoms with Crippen molar-refractivity contribution in [3.8, 4) is 5.75 Å². The van der Waals surface area contributed by atoms with E-state index < -0.39 is 5.91 Å². The molecule has 0 spiro atoms. The number of para-hydroxylation sites is 3. The van der Waals surface area contributed by atoms with Crippen LogP contribution in [0.25, 0.3) is 0 Å². The first-order valence-electron chi connectivity index (χ1n) is 8.20. The molecule has 0 aromatic heterocycles. The molecule has 0 bridgehead atoms. The van der Waals surface area contributed by atoms with Crippen molar-refractivity contribution in [3.05, 3.63) is 54.1 Å². The minimum atomic E-state index is -0.628. The topological polar surface area (TPSA) is 102 Å². The molecule has 26 heavy (non-hydrogen) atoms. The Labute approximate surface area is 150 Å². The van der Waals surface area contributed by atoms with Crippen LogP contribution < -0.4 is 20.7 Å². The predicted octanol–water partition coefficient (Wildman–Crippen LogP) is 1.93. The summed E-state index contributed by atoms with van der Waals surface area (Å²) >= 11 is 0. The first kappa shape index (κ1) is 17.5. The summed E-state index contributed by atoms with van der Waals surface area (Å²) in [4.78, 5) is 37.8. The lowest BCUT2D eigenvalue weighted by Gasteiger charge is -2.27. The highest BCUT2D eigenvalue weighted by molar-refractivity contribution is 6.05. The first-order valence-corrected chi connectivity index (χ1v) is 8.20. The highest BCUT2D eigenvalue weighted by Crippen LogP contribution is 2.31. The molecule has 7 heteroatoms. The number of rotatable bonds is 4. The molecule has 1 atom stereocenters. The van der Waals surface area contributed by atoms with E-state index in [2.05, 4.69) is 5.32 Å². The number of hydrogen-bond acceptors (Lipinski definition) is 4. The molecule has 1 aliphatic heterocycles. The monoisotopic (exact) mass is 353 g/mol. The minimum Gasteiger partial charge on any atom is -0.483 e. The predicted molar refractivity (Wildman–Crippen MR) is 97.1 cm³/mol. The number of amides is 3. The van der Waals surface area contributed by atoms with Crippen molar-refractivity contribution in [1.29, 1.82) is 0 Å². The van der Waals surface area contributed by atoms with Crippen molar-refractivity contribution >= 4 is 29.1 Å². The second kappa shape index (κ2) is 7.26. The molecule has 3 N–H and O–H groups in total. The van der Waals surface area contributed by atoms with E-state index in [0.717, 1.165) is 0 Å². The van der Waals surface area contributed by atoms with E-state index in [9.17, 15) is 14.4 Å². The summed E-state index contributed by atoms with van der Waals surface area (Å²) in [6.07, 6.45) is 0.179. The van der Waals surface area contributed by atoms with E-state index in [-0.39, 0.29) is 42.2 Å². The van der Waals surface area contributed by atoms with Crippen LogP contribution in [0.15, 0.2) is 48.5 Å². The van der Waals surface area contributed by atoms with Crippen LogP contribution in [-0.2, 0) is 9.59 Å². The fourth-order valence-corrected chi connectivity index (χ4v) is 2.97. The molecule has 2 aromatic rings. The number of carbonyl (C=O) groups is 3. The number of nitrogens with two attached hydrogens (primary N) is 1. The number of nitrogens with zero attached hydrogens (tertiary/aromatic N) is 1. The summed E-state index contributed by atoms with van der Waals surface area (Å²) in [5.74, 6) is -0.851. The normalized spacial score (nSPS) is 16.3. The number of primary amides is 1. The van der Waals surface area contributed by atoms with Gasteiger partial charge in [-0.05, 0) is 31.2 Å². The fourth-order valence-electron chi connectivity index (χ4n) is 2.97. The molecule has 3 amide bonds. The van der Waals surface area contributed by atoms with Gasteiger partial charge in [0, 0.05) is 12.5 Å². The molecule has 0 fully saturated rings. The van der Waals surface area contributed by atoms with Crippen LogP contribution in [0.2, 0.25) is 0 Å². The average Bonchev–Trinajstić information content (AvgIpc) is 2.74. The third-order valence-electron chi connectivity index (χ3n) is 4.13. The molecule has 0 aliphatic carbocycles. The molecule has 1 heterocycles. The third kappa shape index (κ3) is 3.51. The van der Waals surface area contributed by atoms with E-state index in [1.54, 1.807) is 54.3 Å². The summed E-state index contributed by atoms with van der Waals surface area (Å²) in [6.45, 7) is 1.52. The second-order valence-electron chi connectivity index (χ2n) is 6.03. The molecule has 3 rings (SSSR count). The van der Waals surface area contributed by atoms with Crippen molar-refractivity contribution in [2.24, 2.45) is 5.73 Å². The van der Waals surface area contributed by atoms with Gasteiger partial charge in [-0.25, -0.2) is 0 Å². The Morgan fingerprint density at radius 2 is 1.88 bits per heavy atom. The van der Waals surface area contributed by atoms with Gasteiger partial charge in [0.1, 0.15) is 5.75 Å². The smallest absolute Gasteiger partial charge is 0.265 e. The Bertz CT molecular complexity index is 865. The number of anilines is 2. The van der Waals surface area contributed by atoms with Crippen molar-refractivity contribution in [2.75, 3.05) is 16.8 Å². The lowest BCUT2D eigenvalue weighted by atomic mass is 10.1. The maximum atomic E-state index is 12.8. The van der Waals surface area contributed by atoms with Crippen LogP contribution in [0.5, 0.6) is 5.75 Å².